The van der Waals surface area contributed by atoms with Crippen LogP contribution >= 0.6 is 11.8 Å². The summed E-state index contributed by atoms with van der Waals surface area (Å²) in [7, 11) is 2.12. The molecule has 0 saturated carbocycles. The van der Waals surface area contributed by atoms with Crippen LogP contribution in [0, 0.1) is 5.82 Å². The largest absolute Gasteiger partial charge is 0.369 e. The van der Waals surface area contributed by atoms with Gasteiger partial charge in [0.15, 0.2) is 0 Å². The maximum atomic E-state index is 13.1. The monoisotopic (exact) mass is 424 g/mol. The van der Waals surface area contributed by atoms with Crippen molar-refractivity contribution in [2.24, 2.45) is 0 Å². The average Bonchev–Trinajstić information content (AvgIpc) is 2.95. The predicted octanol–water partition coefficient (Wildman–Crippen LogP) is 5.78. The summed E-state index contributed by atoms with van der Waals surface area (Å²) < 4.78 is 13.1. The van der Waals surface area contributed by atoms with Crippen LogP contribution in [0.15, 0.2) is 47.4 Å². The zero-order valence-electron chi connectivity index (χ0n) is 17.6. The number of amides is 2. The number of hydrogen-bond donors (Lipinski definition) is 0. The second kappa shape index (κ2) is 7.58. The molecule has 1 atom stereocenters. The molecule has 2 aromatic rings. The molecule has 2 aliphatic heterocycles. The van der Waals surface area contributed by atoms with E-state index in [4.69, 9.17) is 0 Å². The zero-order chi connectivity index (χ0) is 21.6. The Bertz CT molecular complexity index is 1050. The Kier molecular flexibility index (Phi) is 5.22. The van der Waals surface area contributed by atoms with Gasteiger partial charge in [-0.15, -0.1) is 0 Å². The van der Waals surface area contributed by atoms with Crippen LogP contribution in [0.4, 0.5) is 14.9 Å². The van der Waals surface area contributed by atoms with Gasteiger partial charge in [-0.3, -0.25) is 14.5 Å². The van der Waals surface area contributed by atoms with Gasteiger partial charge < -0.3 is 4.90 Å². The number of imide groups is 1. The number of carbonyl (C=O) groups excluding carboxylic acids is 2. The summed E-state index contributed by atoms with van der Waals surface area (Å²) in [5.41, 5.74) is 4.20. The van der Waals surface area contributed by atoms with Crippen molar-refractivity contribution in [1.82, 2.24) is 4.90 Å². The number of nitrogens with zero attached hydrogens (tertiary/aromatic N) is 2. The normalized spacial score (nSPS) is 22.0. The highest BCUT2D eigenvalue weighted by atomic mass is 32.2. The fraction of sp³-hybridized carbons (Fsp3) is 0.333. The standard InChI is InChI=1S/C24H25FN2O2S/c1-15-13-24(2,3)26(4)20-10-7-17(11-19(15)20)12-21-22(28)27(23(29)30-21)14-16-5-8-18(25)9-6-16/h5-12,15H,13-14H2,1-4H3/b21-12-/t15-/m1/s1. The summed E-state index contributed by atoms with van der Waals surface area (Å²) in [4.78, 5) is 29.2. The molecule has 4 rings (SSSR count). The van der Waals surface area contributed by atoms with E-state index < -0.39 is 0 Å². The quantitative estimate of drug-likeness (QED) is 0.585. The maximum Gasteiger partial charge on any atom is 0.293 e. The summed E-state index contributed by atoms with van der Waals surface area (Å²) in [6, 6.07) is 12.1. The van der Waals surface area contributed by atoms with E-state index in [1.165, 1.54) is 28.3 Å². The molecule has 2 aliphatic rings. The van der Waals surface area contributed by atoms with Crippen molar-refractivity contribution in [1.29, 1.82) is 0 Å². The molecule has 2 heterocycles. The van der Waals surface area contributed by atoms with E-state index in [1.807, 2.05) is 6.07 Å². The van der Waals surface area contributed by atoms with Crippen LogP contribution in [-0.2, 0) is 11.3 Å². The SMILES string of the molecule is C[C@@H]1CC(C)(C)N(C)c2ccc(/C=C3\SC(=O)N(Cc4ccc(F)cc4)C3=O)cc21. The highest BCUT2D eigenvalue weighted by Gasteiger charge is 2.36. The molecule has 4 nitrogen and oxygen atoms in total. The Balaban J connectivity index is 1.58. The van der Waals surface area contributed by atoms with E-state index in [0.29, 0.717) is 16.4 Å². The minimum atomic E-state index is -0.344. The molecule has 2 aromatic carbocycles. The summed E-state index contributed by atoms with van der Waals surface area (Å²) in [5.74, 6) is -0.241. The van der Waals surface area contributed by atoms with E-state index in [9.17, 15) is 14.0 Å². The van der Waals surface area contributed by atoms with Gasteiger partial charge in [-0.25, -0.2) is 4.39 Å². The number of rotatable bonds is 3. The molecule has 0 aromatic heterocycles. The van der Waals surface area contributed by atoms with Gasteiger partial charge in [0.25, 0.3) is 11.1 Å². The van der Waals surface area contributed by atoms with Crippen molar-refractivity contribution >= 4 is 34.7 Å². The highest BCUT2D eigenvalue weighted by Crippen LogP contribution is 2.43. The molecule has 1 fully saturated rings. The topological polar surface area (TPSA) is 40.6 Å². The number of halogens is 1. The van der Waals surface area contributed by atoms with E-state index in [1.54, 1.807) is 18.2 Å². The van der Waals surface area contributed by atoms with Gasteiger partial charge in [0.1, 0.15) is 5.82 Å². The summed E-state index contributed by atoms with van der Waals surface area (Å²) in [6.45, 7) is 6.87. The molecule has 2 amide bonds. The van der Waals surface area contributed by atoms with Crippen molar-refractivity contribution in [3.8, 4) is 0 Å². The molecule has 0 bridgehead atoms. The van der Waals surface area contributed by atoms with E-state index >= 15 is 0 Å². The highest BCUT2D eigenvalue weighted by molar-refractivity contribution is 8.18. The molecule has 0 radical (unpaired) electrons. The van der Waals surface area contributed by atoms with Gasteiger partial charge in [-0.1, -0.05) is 25.1 Å². The Morgan fingerprint density at radius 1 is 1.17 bits per heavy atom. The van der Waals surface area contributed by atoms with Gasteiger partial charge in [0.2, 0.25) is 0 Å². The second-order valence-corrected chi connectivity index (χ2v) is 9.68. The number of carbonyl (C=O) groups is 2. The van der Waals surface area contributed by atoms with Crippen LogP contribution < -0.4 is 4.90 Å². The Labute approximate surface area is 180 Å². The molecule has 0 N–H and O–H groups in total. The third-order valence-corrected chi connectivity index (χ3v) is 6.99. The molecule has 30 heavy (non-hydrogen) atoms. The van der Waals surface area contributed by atoms with Crippen molar-refractivity contribution in [3.05, 3.63) is 69.9 Å². The summed E-state index contributed by atoms with van der Waals surface area (Å²) in [6.07, 6.45) is 2.84. The van der Waals surface area contributed by atoms with Gasteiger partial charge in [0.05, 0.1) is 11.4 Å². The Morgan fingerprint density at radius 3 is 2.57 bits per heavy atom. The number of fused-ring (bicyclic) bond motifs is 1. The average molecular weight is 425 g/mol. The number of thioether (sulfide) groups is 1. The minimum Gasteiger partial charge on any atom is -0.369 e. The van der Waals surface area contributed by atoms with Gasteiger partial charge in [-0.2, -0.15) is 0 Å². The fourth-order valence-electron chi connectivity index (χ4n) is 4.25. The molecular weight excluding hydrogens is 399 g/mol. The number of hydrogen-bond acceptors (Lipinski definition) is 4. The third-order valence-electron chi connectivity index (χ3n) is 6.08. The first-order chi connectivity index (χ1) is 14.2. The maximum absolute atomic E-state index is 13.1. The van der Waals surface area contributed by atoms with Crippen molar-refractivity contribution in [2.45, 2.75) is 45.2 Å². The van der Waals surface area contributed by atoms with Gasteiger partial charge in [0, 0.05) is 18.3 Å². The lowest BCUT2D eigenvalue weighted by Gasteiger charge is -2.45. The first-order valence-electron chi connectivity index (χ1n) is 10.0. The summed E-state index contributed by atoms with van der Waals surface area (Å²) >= 11 is 0.952. The lowest BCUT2D eigenvalue weighted by atomic mass is 9.80. The minimum absolute atomic E-state index is 0.0942. The number of anilines is 1. The van der Waals surface area contributed by atoms with Crippen LogP contribution in [0.1, 0.15) is 49.8 Å². The predicted molar refractivity (Wildman–Crippen MR) is 120 cm³/mol. The van der Waals surface area contributed by atoms with Crippen LogP contribution in [0.25, 0.3) is 6.08 Å². The van der Waals surface area contributed by atoms with E-state index in [-0.39, 0.29) is 29.0 Å². The Hall–Kier alpha value is -2.60. The third kappa shape index (κ3) is 3.76. The van der Waals surface area contributed by atoms with Crippen LogP contribution in [0.5, 0.6) is 0 Å². The lowest BCUT2D eigenvalue weighted by Crippen LogP contribution is -2.45. The Morgan fingerprint density at radius 2 is 1.87 bits per heavy atom. The van der Waals surface area contributed by atoms with Crippen molar-refractivity contribution in [3.63, 3.8) is 0 Å². The summed E-state index contributed by atoms with van der Waals surface area (Å²) in [5, 5.41) is -0.302. The van der Waals surface area contributed by atoms with E-state index in [0.717, 1.165) is 23.7 Å². The first kappa shape index (κ1) is 20.7. The molecule has 0 aliphatic carbocycles. The second-order valence-electron chi connectivity index (χ2n) is 8.69. The van der Waals surface area contributed by atoms with Crippen LogP contribution in [0.3, 0.4) is 0 Å². The lowest BCUT2D eigenvalue weighted by molar-refractivity contribution is -0.123. The molecule has 0 unspecified atom stereocenters. The van der Waals surface area contributed by atoms with Crippen LogP contribution in [-0.4, -0.2) is 28.6 Å². The van der Waals surface area contributed by atoms with Crippen molar-refractivity contribution < 1.29 is 14.0 Å². The smallest absolute Gasteiger partial charge is 0.293 e. The number of benzene rings is 2. The van der Waals surface area contributed by atoms with Crippen LogP contribution in [0.2, 0.25) is 0 Å². The molecule has 0 spiro atoms. The zero-order valence-corrected chi connectivity index (χ0v) is 18.4. The van der Waals surface area contributed by atoms with E-state index in [2.05, 4.69) is 44.9 Å². The molecular formula is C24H25FN2O2S. The molecule has 1 saturated heterocycles. The fourth-order valence-corrected chi connectivity index (χ4v) is 5.08. The molecule has 156 valence electrons. The van der Waals surface area contributed by atoms with Gasteiger partial charge in [-0.05, 0) is 85.0 Å². The first-order valence-corrected chi connectivity index (χ1v) is 10.8. The molecule has 6 heteroatoms. The van der Waals surface area contributed by atoms with Crippen molar-refractivity contribution in [2.75, 3.05) is 11.9 Å². The van der Waals surface area contributed by atoms with Gasteiger partial charge >= 0.3 is 0 Å².